The van der Waals surface area contributed by atoms with Crippen molar-refractivity contribution in [2.75, 3.05) is 0 Å². The molecule has 4 aliphatic carbocycles. The van der Waals surface area contributed by atoms with Crippen molar-refractivity contribution in [3.8, 4) is 0 Å². The topological polar surface area (TPSA) is 231 Å². The van der Waals surface area contributed by atoms with Gasteiger partial charge in [-0.25, -0.2) is 11.7 Å². The molecule has 4 fully saturated rings. The van der Waals surface area contributed by atoms with E-state index in [-0.39, 0.29) is 27.9 Å². The molecule has 0 bridgehead atoms. The van der Waals surface area contributed by atoms with Crippen molar-refractivity contribution in [1.29, 1.82) is 0 Å². The monoisotopic (exact) mass is 650 g/mol. The molecule has 4 aliphatic rings. The molecule has 0 saturated heterocycles. The van der Waals surface area contributed by atoms with Crippen LogP contribution in [0.25, 0.3) is 0 Å². The number of hydrazine groups is 2. The van der Waals surface area contributed by atoms with Gasteiger partial charge >= 0.3 is 0 Å². The quantitative estimate of drug-likeness (QED) is 0.156. The molecule has 0 unspecified atom stereocenters. The summed E-state index contributed by atoms with van der Waals surface area (Å²) in [6, 6.07) is 11.2. The Morgan fingerprint density at radius 1 is 0.766 bits per heavy atom. The normalized spacial score (nSPS) is 28.9. The molecule has 14 heteroatoms. The zero-order valence-corrected chi connectivity index (χ0v) is 26.6. The maximum Gasteiger partial charge on any atom is 0.282 e. The van der Waals surface area contributed by atoms with Gasteiger partial charge < -0.3 is 0 Å². The molecule has 6 atom stereocenters. The number of nitrogen functional groups attached to an aromatic ring is 2. The van der Waals surface area contributed by atoms with Crippen LogP contribution in [0.5, 0.6) is 0 Å². The lowest BCUT2D eigenvalue weighted by molar-refractivity contribution is -0.385. The molecule has 2 amide bonds. The predicted octanol–water partition coefficient (Wildman–Crippen LogP) is 4.56. The Kier molecular flexibility index (Phi) is 10.9. The van der Waals surface area contributed by atoms with Crippen LogP contribution >= 0.6 is 0 Å². The molecule has 252 valence electrons. The second-order valence-corrected chi connectivity index (χ2v) is 13.3. The number of nitro groups is 2. The lowest BCUT2D eigenvalue weighted by Crippen LogP contribution is -2.53. The minimum absolute atomic E-state index is 0.00511. The van der Waals surface area contributed by atoms with Crippen LogP contribution in [-0.4, -0.2) is 33.2 Å². The number of benzene rings is 2. The summed E-state index contributed by atoms with van der Waals surface area (Å²) in [7, 11) is 0. The van der Waals surface area contributed by atoms with Crippen LogP contribution in [0.2, 0.25) is 0 Å². The first-order valence-corrected chi connectivity index (χ1v) is 15.8. The van der Waals surface area contributed by atoms with E-state index in [1.54, 1.807) is 0 Å². The van der Waals surface area contributed by atoms with Gasteiger partial charge in [0, 0.05) is 36.8 Å². The number of hydrogen-bond acceptors (Lipinski definition) is 10. The van der Waals surface area contributed by atoms with Crippen molar-refractivity contribution in [2.45, 2.75) is 71.6 Å². The second-order valence-electron chi connectivity index (χ2n) is 13.3. The van der Waals surface area contributed by atoms with Crippen LogP contribution < -0.4 is 22.5 Å². The summed E-state index contributed by atoms with van der Waals surface area (Å²) in [6.45, 7) is 4.72. The van der Waals surface area contributed by atoms with Crippen LogP contribution in [-0.2, 0) is 9.59 Å². The number of Topliss-reactive ketones (excluding diaryl/α,β-unsaturated/α-hetero) is 2. The Bertz CT molecular complexity index is 1500. The lowest BCUT2D eigenvalue weighted by Gasteiger charge is -2.59. The van der Waals surface area contributed by atoms with Gasteiger partial charge in [0.1, 0.15) is 22.7 Å². The molecule has 4 saturated carbocycles. The predicted molar refractivity (Wildman–Crippen MR) is 171 cm³/mol. The fourth-order valence-electron chi connectivity index (χ4n) is 8.62. The molecule has 0 radical (unpaired) electrons. The first kappa shape index (κ1) is 35.3. The Balaban J connectivity index is 0.000000169. The van der Waals surface area contributed by atoms with Crippen LogP contribution in [0.1, 0.15) is 92.4 Å². The standard InChI is InChI=1S/C19H28O2.2C7H7N3O3/c1-18-9-7-13(20)11-12(18)3-4-14-15-5-6-17(21)19(15,2)10-8-16(14)18;2*8-9-7(11)5-3-1-2-4-6(5)10(12)13/h12,14-16H,3-11H2,1-2H3;2*1-4H,8H2,(H,9,11)/t12-,14-,15-,16-,18-,19-;;/m0../s1. The van der Waals surface area contributed by atoms with E-state index in [1.807, 2.05) is 10.9 Å². The number of carbonyl (C=O) groups excluding carboxylic acids is 4. The van der Waals surface area contributed by atoms with E-state index in [9.17, 15) is 39.4 Å². The summed E-state index contributed by atoms with van der Waals surface area (Å²) in [5.41, 5.74) is 3.43. The highest BCUT2D eigenvalue weighted by Gasteiger charge is 2.60. The van der Waals surface area contributed by atoms with Gasteiger partial charge in [-0.15, -0.1) is 0 Å². The largest absolute Gasteiger partial charge is 0.300 e. The van der Waals surface area contributed by atoms with Crippen LogP contribution in [0.15, 0.2) is 48.5 Å². The van der Waals surface area contributed by atoms with E-state index in [2.05, 4.69) is 13.8 Å². The molecule has 0 heterocycles. The molecule has 14 nitrogen and oxygen atoms in total. The van der Waals surface area contributed by atoms with E-state index >= 15 is 0 Å². The minimum Gasteiger partial charge on any atom is -0.300 e. The number of nitrogens with two attached hydrogens (primary N) is 2. The minimum atomic E-state index is -0.674. The SMILES string of the molecule is C[C@]12CCC(=O)C[C@@H]1CC[C@@H]1[C@@H]2CC[C@]2(C)C(=O)CC[C@@H]12.NNC(=O)c1ccccc1[N+](=O)[O-].NNC(=O)c1ccccc1[N+](=O)[O-]. The summed E-state index contributed by atoms with van der Waals surface area (Å²) in [5.74, 6) is 12.2. The summed E-state index contributed by atoms with van der Waals surface area (Å²) in [4.78, 5) is 65.8. The van der Waals surface area contributed by atoms with Gasteiger partial charge in [-0.2, -0.15) is 0 Å². The summed E-state index contributed by atoms with van der Waals surface area (Å²) in [5, 5.41) is 20.9. The van der Waals surface area contributed by atoms with Crippen LogP contribution in [0.4, 0.5) is 11.4 Å². The maximum atomic E-state index is 12.4. The first-order chi connectivity index (χ1) is 22.3. The average Bonchev–Trinajstić information content (AvgIpc) is 3.38. The summed E-state index contributed by atoms with van der Waals surface area (Å²) >= 11 is 0. The zero-order chi connectivity index (χ0) is 34.5. The molecule has 0 aromatic heterocycles. The van der Waals surface area contributed by atoms with Crippen molar-refractivity contribution < 1.29 is 29.0 Å². The summed E-state index contributed by atoms with van der Waals surface area (Å²) in [6.07, 6.45) is 9.53. The third-order valence-corrected chi connectivity index (χ3v) is 11.1. The van der Waals surface area contributed by atoms with Gasteiger partial charge in [-0.3, -0.25) is 50.3 Å². The van der Waals surface area contributed by atoms with Gasteiger partial charge in [0.15, 0.2) is 0 Å². The highest BCUT2D eigenvalue weighted by Crippen LogP contribution is 2.65. The number of hydrogen-bond donors (Lipinski definition) is 4. The van der Waals surface area contributed by atoms with Gasteiger partial charge in [0.2, 0.25) is 0 Å². The lowest BCUT2D eigenvalue weighted by atomic mass is 9.45. The van der Waals surface area contributed by atoms with Gasteiger partial charge in [0.25, 0.3) is 23.2 Å². The highest BCUT2D eigenvalue weighted by molar-refractivity contribution is 5.98. The van der Waals surface area contributed by atoms with Gasteiger partial charge in [-0.05, 0) is 79.7 Å². The number of ketones is 2. The number of carbonyl (C=O) groups is 4. The highest BCUT2D eigenvalue weighted by atomic mass is 16.6. The van der Waals surface area contributed by atoms with E-state index < -0.39 is 21.7 Å². The Hall–Kier alpha value is -4.56. The number of fused-ring (bicyclic) bond motifs is 5. The Labute approximate surface area is 272 Å². The van der Waals surface area contributed by atoms with E-state index in [1.165, 1.54) is 67.8 Å². The van der Waals surface area contributed by atoms with E-state index in [0.717, 1.165) is 50.4 Å². The van der Waals surface area contributed by atoms with E-state index in [0.29, 0.717) is 28.8 Å². The van der Waals surface area contributed by atoms with Crippen LogP contribution in [0.3, 0.4) is 0 Å². The number of amides is 2. The zero-order valence-electron chi connectivity index (χ0n) is 26.6. The Morgan fingerprint density at radius 2 is 1.30 bits per heavy atom. The fraction of sp³-hybridized carbons (Fsp3) is 0.515. The molecular weight excluding hydrogens is 608 g/mol. The second kappa shape index (κ2) is 14.5. The third-order valence-electron chi connectivity index (χ3n) is 11.1. The molecule has 0 spiro atoms. The first-order valence-electron chi connectivity index (χ1n) is 15.8. The molecule has 2 aromatic rings. The third kappa shape index (κ3) is 7.08. The smallest absolute Gasteiger partial charge is 0.282 e. The molecular formula is C33H42N6O8. The molecule has 6 rings (SSSR count). The number of nitrogens with zero attached hydrogens (tertiary/aromatic N) is 2. The molecule has 0 aliphatic heterocycles. The Morgan fingerprint density at radius 3 is 1.81 bits per heavy atom. The number of nitrogens with one attached hydrogen (secondary N) is 2. The summed E-state index contributed by atoms with van der Waals surface area (Å²) < 4.78 is 0. The average molecular weight is 651 g/mol. The van der Waals surface area contributed by atoms with Crippen molar-refractivity contribution in [2.24, 2.45) is 46.2 Å². The van der Waals surface area contributed by atoms with Crippen molar-refractivity contribution in [3.05, 3.63) is 79.9 Å². The van der Waals surface area contributed by atoms with E-state index in [4.69, 9.17) is 11.7 Å². The maximum absolute atomic E-state index is 12.4. The van der Waals surface area contributed by atoms with Gasteiger partial charge in [0.05, 0.1) is 9.85 Å². The van der Waals surface area contributed by atoms with Crippen LogP contribution in [0, 0.1) is 54.7 Å². The van der Waals surface area contributed by atoms with Crippen molar-refractivity contribution in [1.82, 2.24) is 10.9 Å². The molecule has 2 aromatic carbocycles. The number of nitro benzene ring substituents is 2. The number of para-hydroxylation sites is 2. The van der Waals surface area contributed by atoms with Gasteiger partial charge in [-0.1, -0.05) is 38.1 Å². The fourth-order valence-corrected chi connectivity index (χ4v) is 8.62. The molecule has 47 heavy (non-hydrogen) atoms. The molecule has 6 N–H and O–H groups in total. The van der Waals surface area contributed by atoms with Crippen molar-refractivity contribution in [3.63, 3.8) is 0 Å². The van der Waals surface area contributed by atoms with Crippen molar-refractivity contribution >= 4 is 34.8 Å². The number of rotatable bonds is 4.